The van der Waals surface area contributed by atoms with Gasteiger partial charge < -0.3 is 5.32 Å². The van der Waals surface area contributed by atoms with Crippen LogP contribution >= 0.6 is 12.4 Å². The molecule has 2 aliphatic rings. The Morgan fingerprint density at radius 2 is 2.17 bits per heavy atom. The molecule has 7 heteroatoms. The van der Waals surface area contributed by atoms with Crippen LogP contribution in [0.15, 0.2) is 0 Å². The first-order valence-corrected chi connectivity index (χ1v) is 6.50. The summed E-state index contributed by atoms with van der Waals surface area (Å²) >= 11 is 0. The maximum Gasteiger partial charge on any atom is 0.165 e. The van der Waals surface area contributed by atoms with Gasteiger partial charge in [-0.3, -0.25) is 4.90 Å². The van der Waals surface area contributed by atoms with Crippen molar-refractivity contribution < 1.29 is 0 Å². The minimum Gasteiger partial charge on any atom is -0.319 e. The Hall–Kier alpha value is -0.720. The van der Waals surface area contributed by atoms with Crippen molar-refractivity contribution in [3.05, 3.63) is 5.82 Å². The van der Waals surface area contributed by atoms with E-state index in [0.717, 1.165) is 24.8 Å². The number of halogens is 1. The van der Waals surface area contributed by atoms with Crippen LogP contribution < -0.4 is 5.32 Å². The zero-order valence-electron chi connectivity index (χ0n) is 10.7. The number of rotatable bonds is 5. The Morgan fingerprint density at radius 1 is 1.33 bits per heavy atom. The maximum atomic E-state index is 4.16. The molecular weight excluding hydrogens is 252 g/mol. The Labute approximate surface area is 114 Å². The van der Waals surface area contributed by atoms with Crippen LogP contribution in [0.5, 0.6) is 0 Å². The van der Waals surface area contributed by atoms with Crippen LogP contribution in [0.3, 0.4) is 0 Å². The smallest absolute Gasteiger partial charge is 0.165 e. The summed E-state index contributed by atoms with van der Waals surface area (Å²) in [5, 5.41) is 15.3. The molecule has 18 heavy (non-hydrogen) atoms. The van der Waals surface area contributed by atoms with Gasteiger partial charge >= 0.3 is 0 Å². The number of hydrogen-bond donors (Lipinski definition) is 1. The topological polar surface area (TPSA) is 58.9 Å². The molecule has 6 nitrogen and oxygen atoms in total. The molecule has 1 aliphatic heterocycles. The third kappa shape index (κ3) is 2.99. The monoisotopic (exact) mass is 272 g/mol. The quantitative estimate of drug-likeness (QED) is 0.845. The van der Waals surface area contributed by atoms with Crippen molar-refractivity contribution in [1.82, 2.24) is 30.4 Å². The summed E-state index contributed by atoms with van der Waals surface area (Å²) in [7, 11) is 2.02. The molecule has 0 bridgehead atoms. The minimum absolute atomic E-state index is 0. The van der Waals surface area contributed by atoms with Gasteiger partial charge in [0.15, 0.2) is 5.82 Å². The van der Waals surface area contributed by atoms with E-state index in [9.17, 15) is 0 Å². The number of hydrogen-bond acceptors (Lipinski definition) is 5. The van der Waals surface area contributed by atoms with Crippen molar-refractivity contribution in [3.8, 4) is 0 Å². The number of nitrogens with one attached hydrogen (secondary N) is 1. The predicted molar refractivity (Wildman–Crippen MR) is 70.6 cm³/mol. The summed E-state index contributed by atoms with van der Waals surface area (Å²) in [5.41, 5.74) is 0. The zero-order chi connectivity index (χ0) is 11.7. The van der Waals surface area contributed by atoms with Gasteiger partial charge in [0.05, 0.1) is 12.6 Å². The van der Waals surface area contributed by atoms with Crippen molar-refractivity contribution in [3.63, 3.8) is 0 Å². The summed E-state index contributed by atoms with van der Waals surface area (Å²) in [5.74, 6) is 1.82. The first-order valence-electron chi connectivity index (χ1n) is 6.50. The van der Waals surface area contributed by atoms with E-state index in [2.05, 4.69) is 25.7 Å². The van der Waals surface area contributed by atoms with E-state index in [1.807, 2.05) is 11.7 Å². The van der Waals surface area contributed by atoms with Crippen molar-refractivity contribution in [2.45, 2.75) is 31.8 Å². The van der Waals surface area contributed by atoms with E-state index in [-0.39, 0.29) is 12.4 Å². The number of likely N-dealkylation sites (tertiary alicyclic amines) is 1. The van der Waals surface area contributed by atoms with Crippen molar-refractivity contribution in [1.29, 1.82) is 0 Å². The van der Waals surface area contributed by atoms with Crippen LogP contribution in [-0.4, -0.2) is 51.8 Å². The fraction of sp³-hybridized carbons (Fsp3) is 0.909. The predicted octanol–water partition coefficient (Wildman–Crippen LogP) is 0.471. The molecule has 1 unspecified atom stereocenters. The van der Waals surface area contributed by atoms with Gasteiger partial charge in [-0.2, -0.15) is 0 Å². The molecule has 0 amide bonds. The summed E-state index contributed by atoms with van der Waals surface area (Å²) in [4.78, 5) is 2.46. The molecule has 3 rings (SSSR count). The second-order valence-corrected chi connectivity index (χ2v) is 5.22. The lowest BCUT2D eigenvalue weighted by Gasteiger charge is -2.15. The third-order valence-electron chi connectivity index (χ3n) is 3.68. The molecule has 1 N–H and O–H groups in total. The van der Waals surface area contributed by atoms with E-state index >= 15 is 0 Å². The second kappa shape index (κ2) is 5.95. The fourth-order valence-corrected chi connectivity index (χ4v) is 2.63. The van der Waals surface area contributed by atoms with Gasteiger partial charge in [-0.05, 0) is 55.7 Å². The van der Waals surface area contributed by atoms with Gasteiger partial charge in [0.2, 0.25) is 0 Å². The van der Waals surface area contributed by atoms with Crippen LogP contribution in [0.2, 0.25) is 0 Å². The molecule has 1 atom stereocenters. The zero-order valence-corrected chi connectivity index (χ0v) is 11.6. The summed E-state index contributed by atoms with van der Waals surface area (Å²) in [6, 6.07) is 0.579. The summed E-state index contributed by atoms with van der Waals surface area (Å²) in [6.45, 7) is 4.36. The summed E-state index contributed by atoms with van der Waals surface area (Å²) < 4.78 is 2.02. The summed E-state index contributed by atoms with van der Waals surface area (Å²) in [6.07, 6.45) is 3.76. The Kier molecular flexibility index (Phi) is 4.53. The lowest BCUT2D eigenvalue weighted by atomic mass is 10.1. The fourth-order valence-electron chi connectivity index (χ4n) is 2.63. The lowest BCUT2D eigenvalue weighted by Crippen LogP contribution is -2.25. The van der Waals surface area contributed by atoms with Gasteiger partial charge in [0, 0.05) is 6.54 Å². The van der Waals surface area contributed by atoms with Gasteiger partial charge in [-0.15, -0.1) is 17.5 Å². The molecule has 0 radical (unpaired) electrons. The normalized spacial score (nSPS) is 24.2. The molecule has 1 saturated carbocycles. The highest BCUT2D eigenvalue weighted by Gasteiger charge is 2.29. The van der Waals surface area contributed by atoms with Gasteiger partial charge in [0.25, 0.3) is 0 Å². The lowest BCUT2D eigenvalue weighted by molar-refractivity contribution is 0.300. The molecule has 2 fully saturated rings. The number of nitrogens with zero attached hydrogens (tertiary/aromatic N) is 5. The van der Waals surface area contributed by atoms with Crippen LogP contribution in [0.4, 0.5) is 0 Å². The van der Waals surface area contributed by atoms with E-state index in [1.54, 1.807) is 0 Å². The molecule has 1 saturated heterocycles. The maximum absolute atomic E-state index is 4.16. The molecule has 2 heterocycles. The van der Waals surface area contributed by atoms with E-state index < -0.39 is 0 Å². The third-order valence-corrected chi connectivity index (χ3v) is 3.68. The van der Waals surface area contributed by atoms with E-state index in [4.69, 9.17) is 0 Å². The molecule has 1 aromatic heterocycles. The van der Waals surface area contributed by atoms with Crippen LogP contribution in [0.1, 0.15) is 31.1 Å². The molecule has 0 spiro atoms. The minimum atomic E-state index is 0. The highest BCUT2D eigenvalue weighted by Crippen LogP contribution is 2.34. The molecule has 1 aliphatic carbocycles. The van der Waals surface area contributed by atoms with Crippen LogP contribution in [0.25, 0.3) is 0 Å². The Balaban J connectivity index is 0.00000120. The average Bonchev–Trinajstić information content (AvgIpc) is 2.91. The first kappa shape index (κ1) is 13.7. The number of aromatic nitrogens is 4. The molecule has 0 aromatic carbocycles. The Bertz CT molecular complexity index is 377. The van der Waals surface area contributed by atoms with Crippen LogP contribution in [0, 0.1) is 5.92 Å². The highest BCUT2D eigenvalue weighted by molar-refractivity contribution is 5.85. The van der Waals surface area contributed by atoms with E-state index in [1.165, 1.54) is 32.4 Å². The van der Waals surface area contributed by atoms with Crippen molar-refractivity contribution in [2.75, 3.05) is 26.7 Å². The molecule has 1 aromatic rings. The molecule has 102 valence electrons. The second-order valence-electron chi connectivity index (χ2n) is 5.22. The standard InChI is InChI=1S/C11H20N6.ClH/c1-12-6-9-4-5-16(7-9)8-11-13-14-15-17(11)10-2-3-10;/h9-10,12H,2-8H2,1H3;1H. The largest absolute Gasteiger partial charge is 0.319 e. The highest BCUT2D eigenvalue weighted by atomic mass is 35.5. The van der Waals surface area contributed by atoms with Crippen molar-refractivity contribution in [2.24, 2.45) is 5.92 Å². The average molecular weight is 273 g/mol. The van der Waals surface area contributed by atoms with E-state index in [0.29, 0.717) is 6.04 Å². The first-order chi connectivity index (χ1) is 8.36. The Morgan fingerprint density at radius 3 is 2.89 bits per heavy atom. The van der Waals surface area contributed by atoms with Crippen molar-refractivity contribution >= 4 is 12.4 Å². The molecular formula is C11H21ClN6. The SMILES string of the molecule is CNCC1CCN(Cc2nnnn2C2CC2)C1.Cl. The van der Waals surface area contributed by atoms with Gasteiger partial charge in [-0.25, -0.2) is 4.68 Å². The van der Waals surface area contributed by atoms with Gasteiger partial charge in [-0.1, -0.05) is 0 Å². The van der Waals surface area contributed by atoms with Gasteiger partial charge in [0.1, 0.15) is 0 Å². The van der Waals surface area contributed by atoms with Crippen LogP contribution in [-0.2, 0) is 6.54 Å². The number of tetrazole rings is 1.